The van der Waals surface area contributed by atoms with Gasteiger partial charge in [-0.3, -0.25) is 0 Å². The summed E-state index contributed by atoms with van der Waals surface area (Å²) in [6.45, 7) is 4.65. The van der Waals surface area contributed by atoms with E-state index >= 15 is 0 Å². The van der Waals surface area contributed by atoms with Gasteiger partial charge in [-0.2, -0.15) is 9.67 Å². The quantitative estimate of drug-likeness (QED) is 0.156. The van der Waals surface area contributed by atoms with Crippen molar-refractivity contribution in [2.45, 2.75) is 25.3 Å². The molecule has 1 atom stereocenters. The van der Waals surface area contributed by atoms with Gasteiger partial charge in [0.15, 0.2) is 11.8 Å². The number of hydrogen-bond donors (Lipinski definition) is 0. The number of rotatable bonds is 6. The van der Waals surface area contributed by atoms with Crippen molar-refractivity contribution < 1.29 is 8.98 Å². The highest BCUT2D eigenvalue weighted by Gasteiger charge is 2.38. The van der Waals surface area contributed by atoms with Crippen LogP contribution in [0.1, 0.15) is 42.1 Å². The van der Waals surface area contributed by atoms with Gasteiger partial charge in [0.2, 0.25) is 11.7 Å². The molecule has 13 aromatic rings. The Morgan fingerprint density at radius 1 is 0.458 bits per heavy atom. The third-order valence-corrected chi connectivity index (χ3v) is 15.7. The van der Waals surface area contributed by atoms with Gasteiger partial charge in [-0.15, -0.1) is 5.10 Å². The summed E-state index contributed by atoms with van der Waals surface area (Å²) in [7, 11) is 0. The second-order valence-electron chi connectivity index (χ2n) is 20.0. The molecule has 1 unspecified atom stereocenters. The molecule has 0 fully saturated rings. The number of fused-ring (bicyclic) bond motifs is 12. The first kappa shape index (κ1) is 40.7. The van der Waals surface area contributed by atoms with Gasteiger partial charge in [0, 0.05) is 61.6 Å². The molecule has 15 rings (SSSR count). The summed E-state index contributed by atoms with van der Waals surface area (Å²) >= 11 is 0. The van der Waals surface area contributed by atoms with Crippen molar-refractivity contribution >= 4 is 43.7 Å². The van der Waals surface area contributed by atoms with Crippen LogP contribution in [-0.4, -0.2) is 14.8 Å². The molecule has 4 aromatic heterocycles. The summed E-state index contributed by atoms with van der Waals surface area (Å²) < 4.78 is 11.7. The maximum absolute atomic E-state index is 6.88. The number of hydrogen-bond acceptors (Lipinski definition) is 3. The fourth-order valence-electron chi connectivity index (χ4n) is 12.2. The lowest BCUT2D eigenvalue weighted by molar-refractivity contribution is -0.688. The molecule has 5 heterocycles. The fourth-order valence-corrected chi connectivity index (χ4v) is 12.2. The van der Waals surface area contributed by atoms with Crippen LogP contribution in [0.25, 0.3) is 116 Å². The molecule has 338 valence electrons. The van der Waals surface area contributed by atoms with Crippen LogP contribution in [0.2, 0.25) is 0 Å². The van der Waals surface area contributed by atoms with E-state index < -0.39 is 0 Å². The second kappa shape index (κ2) is 15.4. The van der Waals surface area contributed by atoms with Crippen LogP contribution in [0, 0.1) is 0 Å². The molecule has 0 bridgehead atoms. The number of furan rings is 1. The van der Waals surface area contributed by atoms with E-state index in [1.165, 1.54) is 77.6 Å². The van der Waals surface area contributed by atoms with E-state index in [-0.39, 0.29) is 11.5 Å². The maximum atomic E-state index is 6.88. The first-order chi connectivity index (χ1) is 35.5. The minimum Gasteiger partial charge on any atom is -0.453 e. The van der Waals surface area contributed by atoms with Crippen molar-refractivity contribution in [2.24, 2.45) is 0 Å². The van der Waals surface area contributed by atoms with Gasteiger partial charge in [-0.25, -0.2) is 0 Å². The van der Waals surface area contributed by atoms with E-state index in [4.69, 9.17) is 9.52 Å². The lowest BCUT2D eigenvalue weighted by atomic mass is 9.81. The zero-order valence-corrected chi connectivity index (χ0v) is 39.7. The molecule has 0 saturated heterocycles. The first-order valence-corrected chi connectivity index (χ1v) is 24.8. The van der Waals surface area contributed by atoms with Gasteiger partial charge in [-0.05, 0) is 98.6 Å². The Morgan fingerprint density at radius 2 is 1.14 bits per heavy atom. The SMILES string of the molecule is CC1(C)c2ccccc2-c2ccc(-c3cccc4c3oc3c(-c5ccc(-c6cccc(C7c8ccccc8-c8cc(-c9ccc%10c(c9)c9ccccc9n%10-c9ccccc9)cc[n+]87)c6)cc5)nncc34)cc21. The molecular formula is C67H45N4O+. The summed E-state index contributed by atoms with van der Waals surface area (Å²) in [6.07, 6.45) is 4.11. The predicted molar refractivity (Wildman–Crippen MR) is 292 cm³/mol. The summed E-state index contributed by atoms with van der Waals surface area (Å²) in [5.74, 6) is 0. The van der Waals surface area contributed by atoms with E-state index in [0.29, 0.717) is 0 Å². The van der Waals surface area contributed by atoms with E-state index in [1.54, 1.807) is 0 Å². The van der Waals surface area contributed by atoms with E-state index in [0.717, 1.165) is 61.1 Å². The van der Waals surface area contributed by atoms with Crippen LogP contribution >= 0.6 is 0 Å². The van der Waals surface area contributed by atoms with Crippen molar-refractivity contribution in [1.82, 2.24) is 14.8 Å². The standard InChI is InChI=1S/C67H45N4O/c1-67(2)58-24-10-8-18-50(58)51-32-30-46(38-59(51)67)49-22-13-23-55-57-40-68-69-63(66(57)72-65(49)55)42-28-26-41(27-29-42)43-14-12-15-47(36-43)64-54-21-7-6-19-52(54)62-39-45(34-35-70(62)64)44-31-33-61-56(37-44)53-20-9-11-25-60(53)71(61)48-16-4-3-5-17-48/h3-40,64H,1-2H3/q+1. The van der Waals surface area contributed by atoms with Gasteiger partial charge in [-0.1, -0.05) is 172 Å². The molecule has 5 nitrogen and oxygen atoms in total. The molecular weight excluding hydrogens is 877 g/mol. The van der Waals surface area contributed by atoms with Crippen LogP contribution < -0.4 is 4.57 Å². The van der Waals surface area contributed by atoms with Crippen molar-refractivity contribution in [3.63, 3.8) is 0 Å². The molecule has 0 N–H and O–H groups in total. The molecule has 2 aliphatic rings. The zero-order valence-electron chi connectivity index (χ0n) is 39.7. The molecule has 9 aromatic carbocycles. The Morgan fingerprint density at radius 3 is 2.04 bits per heavy atom. The molecule has 1 aliphatic carbocycles. The van der Waals surface area contributed by atoms with Crippen molar-refractivity contribution in [1.29, 1.82) is 0 Å². The summed E-state index contributed by atoms with van der Waals surface area (Å²) in [5, 5.41) is 13.7. The molecule has 1 aliphatic heterocycles. The molecule has 5 heteroatoms. The Balaban J connectivity index is 0.756. The summed E-state index contributed by atoms with van der Waals surface area (Å²) in [6, 6.07) is 79.6. The minimum absolute atomic E-state index is 0.0289. The number of benzene rings is 9. The van der Waals surface area contributed by atoms with Gasteiger partial charge in [0.25, 0.3) is 0 Å². The lowest BCUT2D eigenvalue weighted by Crippen LogP contribution is -2.38. The van der Waals surface area contributed by atoms with Crippen LogP contribution in [0.4, 0.5) is 0 Å². The third-order valence-electron chi connectivity index (χ3n) is 15.7. The van der Waals surface area contributed by atoms with Crippen molar-refractivity contribution in [2.75, 3.05) is 0 Å². The normalized spacial score (nSPS) is 14.2. The second-order valence-corrected chi connectivity index (χ2v) is 20.0. The predicted octanol–water partition coefficient (Wildman–Crippen LogP) is 16.4. The van der Waals surface area contributed by atoms with Gasteiger partial charge >= 0.3 is 0 Å². The van der Waals surface area contributed by atoms with E-state index in [1.807, 2.05) is 6.20 Å². The Bertz CT molecular complexity index is 4370. The third kappa shape index (κ3) is 5.97. The summed E-state index contributed by atoms with van der Waals surface area (Å²) in [4.78, 5) is 0. The highest BCUT2D eigenvalue weighted by Crippen LogP contribution is 2.50. The molecule has 0 saturated carbocycles. The average Bonchev–Trinajstić information content (AvgIpc) is 4.16. The molecule has 0 radical (unpaired) electrons. The molecule has 0 spiro atoms. The van der Waals surface area contributed by atoms with Gasteiger partial charge in [0.05, 0.1) is 28.2 Å². The van der Waals surface area contributed by atoms with Crippen molar-refractivity contribution in [3.8, 4) is 72.7 Å². The van der Waals surface area contributed by atoms with Crippen LogP contribution in [0.5, 0.6) is 0 Å². The molecule has 72 heavy (non-hydrogen) atoms. The smallest absolute Gasteiger partial charge is 0.214 e. The van der Waals surface area contributed by atoms with Gasteiger partial charge in [0.1, 0.15) is 11.3 Å². The fraction of sp³-hybridized carbons (Fsp3) is 0.0597. The first-order valence-electron chi connectivity index (χ1n) is 24.8. The number of nitrogens with zero attached hydrogens (tertiary/aromatic N) is 4. The topological polar surface area (TPSA) is 47.7 Å². The number of pyridine rings is 1. The zero-order chi connectivity index (χ0) is 47.7. The van der Waals surface area contributed by atoms with Crippen LogP contribution in [0.3, 0.4) is 0 Å². The van der Waals surface area contributed by atoms with Crippen LogP contribution in [-0.2, 0) is 5.41 Å². The van der Waals surface area contributed by atoms with E-state index in [9.17, 15) is 0 Å². The molecule has 0 amide bonds. The number of aromatic nitrogens is 4. The Labute approximate surface area is 416 Å². The monoisotopic (exact) mass is 921 g/mol. The number of para-hydroxylation sites is 3. The Hall–Kier alpha value is -9.19. The van der Waals surface area contributed by atoms with Crippen molar-refractivity contribution in [3.05, 3.63) is 253 Å². The highest BCUT2D eigenvalue weighted by molar-refractivity contribution is 6.13. The largest absolute Gasteiger partial charge is 0.453 e. The highest BCUT2D eigenvalue weighted by atomic mass is 16.3. The van der Waals surface area contributed by atoms with E-state index in [2.05, 4.69) is 253 Å². The Kier molecular flexibility index (Phi) is 8.70. The van der Waals surface area contributed by atoms with Gasteiger partial charge < -0.3 is 8.98 Å². The maximum Gasteiger partial charge on any atom is 0.214 e. The average molecular weight is 922 g/mol. The summed E-state index contributed by atoms with van der Waals surface area (Å²) in [5.41, 5.74) is 24.0. The van der Waals surface area contributed by atoms with Crippen LogP contribution in [0.15, 0.2) is 235 Å². The lowest BCUT2D eigenvalue weighted by Gasteiger charge is -2.22. The minimum atomic E-state index is -0.0961.